The molecular formula is C15H22O2. The van der Waals surface area contributed by atoms with Crippen molar-refractivity contribution in [1.29, 1.82) is 0 Å². The number of benzene rings is 1. The summed E-state index contributed by atoms with van der Waals surface area (Å²) in [6.45, 7) is 2.21. The molecule has 0 aromatic heterocycles. The Morgan fingerprint density at radius 3 is 2.65 bits per heavy atom. The van der Waals surface area contributed by atoms with E-state index in [2.05, 4.69) is 6.92 Å². The first-order valence-electron chi connectivity index (χ1n) is 6.61. The van der Waals surface area contributed by atoms with E-state index in [9.17, 15) is 10.2 Å². The molecule has 0 aliphatic heterocycles. The third kappa shape index (κ3) is 3.22. The lowest BCUT2D eigenvalue weighted by molar-refractivity contribution is -0.0162. The molecule has 2 nitrogen and oxygen atoms in total. The minimum Gasteiger partial charge on any atom is -0.508 e. The summed E-state index contributed by atoms with van der Waals surface area (Å²) in [5, 5.41) is 19.9. The third-order valence-electron chi connectivity index (χ3n) is 3.97. The van der Waals surface area contributed by atoms with Crippen LogP contribution in [-0.4, -0.2) is 15.8 Å². The van der Waals surface area contributed by atoms with Crippen LogP contribution in [0.4, 0.5) is 0 Å². The molecule has 1 saturated carbocycles. The summed E-state index contributed by atoms with van der Waals surface area (Å²) in [6, 6.07) is 7.20. The highest BCUT2D eigenvalue weighted by molar-refractivity contribution is 5.27. The van der Waals surface area contributed by atoms with Crippen molar-refractivity contribution in [3.05, 3.63) is 29.8 Å². The maximum absolute atomic E-state index is 10.6. The second-order valence-electron chi connectivity index (χ2n) is 5.44. The van der Waals surface area contributed by atoms with Gasteiger partial charge in [-0.25, -0.2) is 0 Å². The minimum absolute atomic E-state index is 0.288. The first kappa shape index (κ1) is 12.4. The van der Waals surface area contributed by atoms with Crippen LogP contribution in [0, 0.1) is 5.92 Å². The molecule has 2 rings (SSSR count). The van der Waals surface area contributed by atoms with Crippen LogP contribution in [0.25, 0.3) is 0 Å². The minimum atomic E-state index is -0.532. The Kier molecular flexibility index (Phi) is 3.72. The van der Waals surface area contributed by atoms with Gasteiger partial charge in [0.2, 0.25) is 0 Å². The number of hydrogen-bond acceptors (Lipinski definition) is 2. The smallest absolute Gasteiger partial charge is 0.115 e. The molecule has 0 saturated heterocycles. The molecule has 0 radical (unpaired) electrons. The SMILES string of the molecule is CCC1CCCC(O)(Cc2ccc(O)cc2)C1. The summed E-state index contributed by atoms with van der Waals surface area (Å²) in [4.78, 5) is 0. The quantitative estimate of drug-likeness (QED) is 0.842. The second kappa shape index (κ2) is 5.09. The summed E-state index contributed by atoms with van der Waals surface area (Å²) < 4.78 is 0. The van der Waals surface area contributed by atoms with Crippen LogP contribution in [0.2, 0.25) is 0 Å². The van der Waals surface area contributed by atoms with Gasteiger partial charge in [0.25, 0.3) is 0 Å². The van der Waals surface area contributed by atoms with E-state index in [-0.39, 0.29) is 5.75 Å². The molecule has 0 bridgehead atoms. The highest BCUT2D eigenvalue weighted by atomic mass is 16.3. The number of aromatic hydroxyl groups is 1. The standard InChI is InChI=1S/C15H22O2/c1-2-12-4-3-9-15(17,10-12)11-13-5-7-14(16)8-6-13/h5-8,12,16-17H,2-4,9-11H2,1H3. The van der Waals surface area contributed by atoms with Gasteiger partial charge < -0.3 is 10.2 Å². The zero-order valence-electron chi connectivity index (χ0n) is 10.5. The summed E-state index contributed by atoms with van der Waals surface area (Å²) in [5.74, 6) is 0.960. The molecule has 0 amide bonds. The number of aliphatic hydroxyl groups is 1. The van der Waals surface area contributed by atoms with Crippen LogP contribution in [-0.2, 0) is 6.42 Å². The van der Waals surface area contributed by atoms with Crippen molar-refractivity contribution in [2.75, 3.05) is 0 Å². The molecule has 1 aliphatic rings. The molecular weight excluding hydrogens is 212 g/mol. The van der Waals surface area contributed by atoms with Gasteiger partial charge in [-0.05, 0) is 36.5 Å². The number of hydrogen-bond donors (Lipinski definition) is 2. The van der Waals surface area contributed by atoms with Gasteiger partial charge in [0, 0.05) is 6.42 Å². The Morgan fingerprint density at radius 2 is 2.00 bits per heavy atom. The molecule has 2 unspecified atom stereocenters. The van der Waals surface area contributed by atoms with Gasteiger partial charge in [-0.1, -0.05) is 38.3 Å². The lowest BCUT2D eigenvalue weighted by atomic mass is 9.74. The van der Waals surface area contributed by atoms with Gasteiger partial charge in [0.05, 0.1) is 5.60 Å². The number of phenols is 1. The third-order valence-corrected chi connectivity index (χ3v) is 3.97. The summed E-state index contributed by atoms with van der Waals surface area (Å²) in [5.41, 5.74) is 0.581. The van der Waals surface area contributed by atoms with Crippen molar-refractivity contribution in [1.82, 2.24) is 0 Å². The van der Waals surface area contributed by atoms with Crippen molar-refractivity contribution < 1.29 is 10.2 Å². The van der Waals surface area contributed by atoms with Gasteiger partial charge in [0.15, 0.2) is 0 Å². The van der Waals surface area contributed by atoms with E-state index in [1.807, 2.05) is 12.1 Å². The summed E-state index contributed by atoms with van der Waals surface area (Å²) >= 11 is 0. The van der Waals surface area contributed by atoms with E-state index < -0.39 is 5.60 Å². The molecule has 0 heterocycles. The Bertz CT molecular complexity index is 358. The fourth-order valence-corrected chi connectivity index (χ4v) is 2.96. The van der Waals surface area contributed by atoms with Crippen molar-refractivity contribution in [3.8, 4) is 5.75 Å². The van der Waals surface area contributed by atoms with E-state index in [1.54, 1.807) is 12.1 Å². The Labute approximate surface area is 103 Å². The van der Waals surface area contributed by atoms with Gasteiger partial charge in [-0.2, -0.15) is 0 Å². The first-order chi connectivity index (χ1) is 8.11. The Balaban J connectivity index is 2.03. The highest BCUT2D eigenvalue weighted by Gasteiger charge is 2.33. The van der Waals surface area contributed by atoms with Crippen LogP contribution in [0.5, 0.6) is 5.75 Å². The average molecular weight is 234 g/mol. The Hall–Kier alpha value is -1.02. The average Bonchev–Trinajstić information content (AvgIpc) is 2.32. The molecule has 1 aromatic rings. The fourth-order valence-electron chi connectivity index (χ4n) is 2.96. The van der Waals surface area contributed by atoms with E-state index in [0.29, 0.717) is 12.3 Å². The zero-order valence-corrected chi connectivity index (χ0v) is 10.5. The van der Waals surface area contributed by atoms with Gasteiger partial charge in [0.1, 0.15) is 5.75 Å². The molecule has 1 fully saturated rings. The summed E-state index contributed by atoms with van der Waals surface area (Å²) in [6.07, 6.45) is 6.10. The van der Waals surface area contributed by atoms with Crippen LogP contribution in [0.3, 0.4) is 0 Å². The van der Waals surface area contributed by atoms with Gasteiger partial charge >= 0.3 is 0 Å². The molecule has 2 atom stereocenters. The number of phenolic OH excluding ortho intramolecular Hbond substituents is 1. The number of rotatable bonds is 3. The molecule has 1 aromatic carbocycles. The molecule has 0 spiro atoms. The Morgan fingerprint density at radius 1 is 1.29 bits per heavy atom. The van der Waals surface area contributed by atoms with Gasteiger partial charge in [-0.3, -0.25) is 0 Å². The molecule has 2 N–H and O–H groups in total. The van der Waals surface area contributed by atoms with Crippen molar-refractivity contribution >= 4 is 0 Å². The molecule has 1 aliphatic carbocycles. The van der Waals surface area contributed by atoms with Crippen molar-refractivity contribution in [3.63, 3.8) is 0 Å². The first-order valence-corrected chi connectivity index (χ1v) is 6.61. The maximum atomic E-state index is 10.6. The zero-order chi connectivity index (χ0) is 12.3. The van der Waals surface area contributed by atoms with Crippen molar-refractivity contribution in [2.45, 2.75) is 51.0 Å². The van der Waals surface area contributed by atoms with Crippen molar-refractivity contribution in [2.24, 2.45) is 5.92 Å². The lowest BCUT2D eigenvalue weighted by Crippen LogP contribution is -2.37. The largest absolute Gasteiger partial charge is 0.508 e. The van der Waals surface area contributed by atoms with Crippen LogP contribution >= 0.6 is 0 Å². The van der Waals surface area contributed by atoms with E-state index in [4.69, 9.17) is 0 Å². The molecule has 94 valence electrons. The van der Waals surface area contributed by atoms with Crippen LogP contribution in [0.1, 0.15) is 44.6 Å². The second-order valence-corrected chi connectivity index (χ2v) is 5.44. The fraction of sp³-hybridized carbons (Fsp3) is 0.600. The maximum Gasteiger partial charge on any atom is 0.115 e. The molecule has 17 heavy (non-hydrogen) atoms. The predicted molar refractivity (Wildman–Crippen MR) is 69.0 cm³/mol. The van der Waals surface area contributed by atoms with Crippen LogP contribution < -0.4 is 0 Å². The van der Waals surface area contributed by atoms with E-state index >= 15 is 0 Å². The van der Waals surface area contributed by atoms with Gasteiger partial charge in [-0.15, -0.1) is 0 Å². The van der Waals surface area contributed by atoms with Crippen LogP contribution in [0.15, 0.2) is 24.3 Å². The highest BCUT2D eigenvalue weighted by Crippen LogP contribution is 2.36. The van der Waals surface area contributed by atoms with E-state index in [0.717, 1.165) is 31.2 Å². The predicted octanol–water partition coefficient (Wildman–Crippen LogP) is 3.27. The van der Waals surface area contributed by atoms with E-state index in [1.165, 1.54) is 6.42 Å². The molecule has 2 heteroatoms. The normalized spacial score (nSPS) is 29.2. The lowest BCUT2D eigenvalue weighted by Gasteiger charge is -2.36. The summed E-state index contributed by atoms with van der Waals surface area (Å²) in [7, 11) is 0. The monoisotopic (exact) mass is 234 g/mol. The topological polar surface area (TPSA) is 40.5 Å².